The van der Waals surface area contributed by atoms with Crippen molar-refractivity contribution in [2.45, 2.75) is 52.6 Å². The van der Waals surface area contributed by atoms with Crippen molar-refractivity contribution in [2.24, 2.45) is 23.7 Å². The topological polar surface area (TPSA) is 141 Å². The van der Waals surface area contributed by atoms with E-state index in [1.807, 2.05) is 32.9 Å². The molecule has 2 aromatic rings. The van der Waals surface area contributed by atoms with Crippen LogP contribution in [0, 0.1) is 33.8 Å². The number of imide groups is 1. The monoisotopic (exact) mass is 626 g/mol. The average Bonchev–Trinajstić information content (AvgIpc) is 3.20. The Morgan fingerprint density at radius 2 is 1.93 bits per heavy atom. The van der Waals surface area contributed by atoms with Crippen molar-refractivity contribution < 1.29 is 29.8 Å². The molecule has 2 amide bonds. The van der Waals surface area contributed by atoms with Gasteiger partial charge in [-0.25, -0.2) is 4.90 Å². The van der Waals surface area contributed by atoms with Crippen molar-refractivity contribution in [2.75, 3.05) is 11.5 Å². The minimum absolute atomic E-state index is 0.0378. The number of hydrogen-bond donors (Lipinski definition) is 3. The highest BCUT2D eigenvalue weighted by atomic mass is 79.9. The summed E-state index contributed by atoms with van der Waals surface area (Å²) < 4.78 is 0.834. The van der Waals surface area contributed by atoms with Crippen LogP contribution in [-0.2, 0) is 9.59 Å². The number of aliphatic hydroxyl groups excluding tert-OH is 2. The van der Waals surface area contributed by atoms with E-state index in [4.69, 9.17) is 0 Å². The number of phenols is 1. The molecule has 0 unspecified atom stereocenters. The number of anilines is 1. The Morgan fingerprint density at radius 3 is 2.56 bits per heavy atom. The fraction of sp³-hybridized carbons (Fsp3) is 0.419. The van der Waals surface area contributed by atoms with Crippen molar-refractivity contribution in [3.8, 4) is 5.75 Å². The first-order chi connectivity index (χ1) is 19.5. The first kappa shape index (κ1) is 30.6. The van der Waals surface area contributed by atoms with Crippen molar-refractivity contribution in [1.29, 1.82) is 0 Å². The minimum atomic E-state index is -0.952. The number of halogens is 1. The molecule has 0 saturated carbocycles. The number of rotatable bonds is 10. The van der Waals surface area contributed by atoms with Crippen LogP contribution in [0.3, 0.4) is 0 Å². The van der Waals surface area contributed by atoms with Crippen LogP contribution >= 0.6 is 15.9 Å². The lowest BCUT2D eigenvalue weighted by Gasteiger charge is -2.38. The first-order valence-corrected chi connectivity index (χ1v) is 14.6. The molecule has 218 valence electrons. The number of nitrogens with zero attached hydrogens (tertiary/aromatic N) is 2. The highest BCUT2D eigenvalue weighted by molar-refractivity contribution is 9.10. The van der Waals surface area contributed by atoms with E-state index < -0.39 is 47.2 Å². The molecule has 4 rings (SSSR count). The summed E-state index contributed by atoms with van der Waals surface area (Å²) >= 11 is 3.42. The van der Waals surface area contributed by atoms with Crippen LogP contribution < -0.4 is 4.90 Å². The molecule has 1 fully saturated rings. The van der Waals surface area contributed by atoms with Gasteiger partial charge in [0.2, 0.25) is 11.8 Å². The number of hydrogen-bond acceptors (Lipinski definition) is 7. The SMILES string of the molecule is CC/C(=C\c1cc(Br)ccc1O)CC[C@@H](O)C1=C(C(C)C)C[C@H]2C(=O)N(c3cccc([N+](=O)[O-])c3)C(=O)[C@H]2[C@H]1CO. The molecule has 0 aromatic heterocycles. The Labute approximate surface area is 247 Å². The fourth-order valence-electron chi connectivity index (χ4n) is 6.13. The number of phenolic OH excluding ortho intramolecular Hbond substituents is 1. The Kier molecular flexibility index (Phi) is 9.46. The summed E-state index contributed by atoms with van der Waals surface area (Å²) in [5, 5.41) is 43.6. The molecule has 1 aliphatic heterocycles. The number of non-ortho nitro benzene ring substituents is 1. The predicted octanol–water partition coefficient (Wildman–Crippen LogP) is 5.77. The predicted molar refractivity (Wildman–Crippen MR) is 159 cm³/mol. The molecule has 2 aromatic carbocycles. The third-order valence-corrected chi connectivity index (χ3v) is 8.71. The normalized spacial score (nSPS) is 22.0. The summed E-state index contributed by atoms with van der Waals surface area (Å²) in [5.41, 5.74) is 3.03. The molecule has 0 spiro atoms. The maximum Gasteiger partial charge on any atom is 0.271 e. The molecule has 10 heteroatoms. The van der Waals surface area contributed by atoms with Gasteiger partial charge < -0.3 is 15.3 Å². The van der Waals surface area contributed by atoms with Gasteiger partial charge in [0.25, 0.3) is 5.69 Å². The molecule has 3 N–H and O–H groups in total. The van der Waals surface area contributed by atoms with E-state index >= 15 is 0 Å². The molecule has 9 nitrogen and oxygen atoms in total. The van der Waals surface area contributed by atoms with Gasteiger partial charge in [0.15, 0.2) is 0 Å². The van der Waals surface area contributed by atoms with Crippen LogP contribution in [0.4, 0.5) is 11.4 Å². The number of allylic oxidation sites excluding steroid dienone is 2. The maximum absolute atomic E-state index is 13.7. The van der Waals surface area contributed by atoms with Crippen molar-refractivity contribution in [3.63, 3.8) is 0 Å². The zero-order valence-electron chi connectivity index (χ0n) is 23.3. The number of amides is 2. The van der Waals surface area contributed by atoms with Crippen LogP contribution in [0.1, 0.15) is 52.0 Å². The van der Waals surface area contributed by atoms with Gasteiger partial charge in [-0.2, -0.15) is 0 Å². The van der Waals surface area contributed by atoms with Crippen LogP contribution in [0.15, 0.2) is 63.7 Å². The summed E-state index contributed by atoms with van der Waals surface area (Å²) in [6.07, 6.45) is 2.78. The van der Waals surface area contributed by atoms with Crippen molar-refractivity contribution in [3.05, 3.63) is 79.3 Å². The molecule has 0 radical (unpaired) electrons. The van der Waals surface area contributed by atoms with E-state index in [9.17, 15) is 35.0 Å². The zero-order chi connectivity index (χ0) is 30.0. The molecule has 1 heterocycles. The first-order valence-electron chi connectivity index (χ1n) is 13.8. The number of aliphatic hydroxyl groups is 2. The van der Waals surface area contributed by atoms with Gasteiger partial charge >= 0.3 is 0 Å². The summed E-state index contributed by atoms with van der Waals surface area (Å²) in [4.78, 5) is 39.0. The lowest BCUT2D eigenvalue weighted by Crippen LogP contribution is -2.39. The molecule has 4 atom stereocenters. The van der Waals surface area contributed by atoms with Gasteiger partial charge in [0.05, 0.1) is 35.2 Å². The smallest absolute Gasteiger partial charge is 0.271 e. The summed E-state index contributed by atoms with van der Waals surface area (Å²) in [7, 11) is 0. The molecular formula is C31H35BrN2O7. The third kappa shape index (κ3) is 6.14. The molecule has 41 heavy (non-hydrogen) atoms. The van der Waals surface area contributed by atoms with Gasteiger partial charge in [-0.15, -0.1) is 0 Å². The van der Waals surface area contributed by atoms with E-state index in [0.717, 1.165) is 20.5 Å². The Bertz CT molecular complexity index is 1420. The van der Waals surface area contributed by atoms with E-state index in [0.29, 0.717) is 30.4 Å². The number of nitro benzene ring substituents is 1. The van der Waals surface area contributed by atoms with Crippen LogP contribution in [0.2, 0.25) is 0 Å². The zero-order valence-corrected chi connectivity index (χ0v) is 24.9. The van der Waals surface area contributed by atoms with E-state index in [2.05, 4.69) is 15.9 Å². The van der Waals surface area contributed by atoms with Crippen LogP contribution in [0.25, 0.3) is 6.08 Å². The second-order valence-electron chi connectivity index (χ2n) is 11.0. The van der Waals surface area contributed by atoms with Gasteiger partial charge in [-0.3, -0.25) is 19.7 Å². The van der Waals surface area contributed by atoms with Gasteiger partial charge in [0.1, 0.15) is 5.75 Å². The van der Waals surface area contributed by atoms with E-state index in [1.165, 1.54) is 24.3 Å². The molecule has 1 saturated heterocycles. The second-order valence-corrected chi connectivity index (χ2v) is 11.9. The number of carbonyl (C=O) groups excluding carboxylic acids is 2. The van der Waals surface area contributed by atoms with E-state index in [-0.39, 0.29) is 29.5 Å². The molecule has 0 bridgehead atoms. The standard InChI is InChI=1S/C31H35BrN2O7/c1-4-18(12-19-13-20(32)9-11-26(19)36)8-10-27(37)28-23(17(2)3)15-24-29(25(28)16-35)31(39)33(30(24)38)21-6-5-7-22(14-21)34(40)41/h5-7,9,11-14,17,24-25,27,29,35-37H,4,8,10,15-16H2,1-3H3/b18-12+/t24-,25+,27-,29-/m1/s1. The van der Waals surface area contributed by atoms with Gasteiger partial charge in [-0.1, -0.05) is 60.0 Å². The largest absolute Gasteiger partial charge is 0.507 e. The van der Waals surface area contributed by atoms with Gasteiger partial charge in [0, 0.05) is 28.1 Å². The highest BCUT2D eigenvalue weighted by Crippen LogP contribution is 2.49. The van der Waals surface area contributed by atoms with Crippen molar-refractivity contribution in [1.82, 2.24) is 0 Å². The number of aromatic hydroxyl groups is 1. The Morgan fingerprint density at radius 1 is 1.20 bits per heavy atom. The summed E-state index contributed by atoms with van der Waals surface area (Å²) in [5.74, 6) is -3.21. The quantitative estimate of drug-likeness (QED) is 0.132. The number of nitro groups is 1. The van der Waals surface area contributed by atoms with E-state index in [1.54, 1.807) is 12.1 Å². The van der Waals surface area contributed by atoms with Gasteiger partial charge in [-0.05, 0) is 61.4 Å². The average molecular weight is 628 g/mol. The lowest BCUT2D eigenvalue weighted by atomic mass is 9.66. The molecular weight excluding hydrogens is 592 g/mol. The number of carbonyl (C=O) groups is 2. The second kappa shape index (κ2) is 12.7. The Hall–Kier alpha value is -3.34. The minimum Gasteiger partial charge on any atom is -0.507 e. The summed E-state index contributed by atoms with van der Waals surface area (Å²) in [6.45, 7) is 5.50. The molecule has 2 aliphatic rings. The summed E-state index contributed by atoms with van der Waals surface area (Å²) in [6, 6.07) is 10.6. The highest BCUT2D eigenvalue weighted by Gasteiger charge is 2.55. The fourth-order valence-corrected chi connectivity index (χ4v) is 6.51. The molecule has 1 aliphatic carbocycles. The lowest BCUT2D eigenvalue weighted by molar-refractivity contribution is -0.384. The third-order valence-electron chi connectivity index (χ3n) is 8.21. The van der Waals surface area contributed by atoms with Crippen LogP contribution in [0.5, 0.6) is 5.75 Å². The number of benzene rings is 2. The number of fused-ring (bicyclic) bond motifs is 1. The van der Waals surface area contributed by atoms with Crippen LogP contribution in [-0.4, -0.2) is 44.8 Å². The Balaban J connectivity index is 1.63. The van der Waals surface area contributed by atoms with Crippen molar-refractivity contribution >= 4 is 45.2 Å². The maximum atomic E-state index is 13.7.